The molecule has 1 aromatic heterocycles. The lowest BCUT2D eigenvalue weighted by atomic mass is 10.0. The van der Waals surface area contributed by atoms with Crippen molar-refractivity contribution in [3.05, 3.63) is 11.4 Å². The van der Waals surface area contributed by atoms with Gasteiger partial charge in [-0.2, -0.15) is 0 Å². The Morgan fingerprint density at radius 2 is 1.71 bits per heavy atom. The molecule has 0 atom stereocenters. The fourth-order valence-corrected chi connectivity index (χ4v) is 2.76. The lowest BCUT2D eigenvalue weighted by molar-refractivity contribution is 0.0699. The molecular weight excluding hydrogens is 264 g/mol. The highest BCUT2D eigenvalue weighted by atomic mass is 16.5. The maximum Gasteiger partial charge on any atom is 0.136 e. The van der Waals surface area contributed by atoms with E-state index in [1.54, 1.807) is 0 Å². The second-order valence-electron chi connectivity index (χ2n) is 6.15. The van der Waals surface area contributed by atoms with Gasteiger partial charge in [-0.05, 0) is 45.4 Å². The second-order valence-corrected chi connectivity index (χ2v) is 6.15. The second kappa shape index (κ2) is 6.60. The Morgan fingerprint density at radius 3 is 2.33 bits per heavy atom. The van der Waals surface area contributed by atoms with Gasteiger partial charge < -0.3 is 15.4 Å². The van der Waals surface area contributed by atoms with E-state index in [1.165, 1.54) is 12.8 Å². The highest BCUT2D eigenvalue weighted by Gasteiger charge is 2.28. The van der Waals surface area contributed by atoms with Crippen LogP contribution in [0.25, 0.3) is 0 Å². The standard InChI is InChI=1S/C16H26N4O/c1-3-17-14-11(2)15(20-16(19-14)13-4-5-13)18-10-12-6-8-21-9-7-12/h12-13H,3-10H2,1-2H3,(H2,17,18,19,20). The zero-order valence-electron chi connectivity index (χ0n) is 13.1. The Balaban J connectivity index is 1.72. The third-order valence-corrected chi connectivity index (χ3v) is 4.35. The summed E-state index contributed by atoms with van der Waals surface area (Å²) in [5, 5.41) is 6.92. The van der Waals surface area contributed by atoms with Crippen LogP contribution in [0.2, 0.25) is 0 Å². The molecule has 1 saturated heterocycles. The number of nitrogens with one attached hydrogen (secondary N) is 2. The minimum absolute atomic E-state index is 0.576. The van der Waals surface area contributed by atoms with Crippen LogP contribution < -0.4 is 10.6 Å². The van der Waals surface area contributed by atoms with Gasteiger partial charge in [0.05, 0.1) is 0 Å². The van der Waals surface area contributed by atoms with E-state index in [0.29, 0.717) is 11.8 Å². The first kappa shape index (κ1) is 14.6. The average molecular weight is 290 g/mol. The van der Waals surface area contributed by atoms with Crippen LogP contribution in [0.5, 0.6) is 0 Å². The quantitative estimate of drug-likeness (QED) is 0.843. The van der Waals surface area contributed by atoms with Crippen LogP contribution in [0.3, 0.4) is 0 Å². The Labute approximate surface area is 126 Å². The van der Waals surface area contributed by atoms with Gasteiger partial charge in [0, 0.05) is 37.8 Å². The van der Waals surface area contributed by atoms with E-state index < -0.39 is 0 Å². The molecule has 2 heterocycles. The topological polar surface area (TPSA) is 59.1 Å². The van der Waals surface area contributed by atoms with E-state index in [-0.39, 0.29) is 0 Å². The average Bonchev–Trinajstić information content (AvgIpc) is 3.34. The molecule has 5 nitrogen and oxygen atoms in total. The summed E-state index contributed by atoms with van der Waals surface area (Å²) in [6.45, 7) is 7.86. The van der Waals surface area contributed by atoms with Crippen molar-refractivity contribution in [3.63, 3.8) is 0 Å². The number of hydrogen-bond acceptors (Lipinski definition) is 5. The molecule has 2 N–H and O–H groups in total. The highest BCUT2D eigenvalue weighted by Crippen LogP contribution is 2.39. The van der Waals surface area contributed by atoms with Gasteiger partial charge in [0.2, 0.25) is 0 Å². The van der Waals surface area contributed by atoms with Gasteiger partial charge in [-0.15, -0.1) is 0 Å². The number of nitrogens with zero attached hydrogens (tertiary/aromatic N) is 2. The van der Waals surface area contributed by atoms with Gasteiger partial charge in [-0.3, -0.25) is 0 Å². The van der Waals surface area contributed by atoms with Crippen LogP contribution in [0.15, 0.2) is 0 Å². The summed E-state index contributed by atoms with van der Waals surface area (Å²) in [6, 6.07) is 0. The number of ether oxygens (including phenoxy) is 1. The first-order chi connectivity index (χ1) is 10.3. The van der Waals surface area contributed by atoms with Crippen molar-refractivity contribution in [1.82, 2.24) is 9.97 Å². The molecule has 21 heavy (non-hydrogen) atoms. The van der Waals surface area contributed by atoms with Crippen molar-refractivity contribution in [2.24, 2.45) is 5.92 Å². The van der Waals surface area contributed by atoms with Crippen LogP contribution in [0.4, 0.5) is 11.6 Å². The molecule has 1 saturated carbocycles. The summed E-state index contributed by atoms with van der Waals surface area (Å²) in [5.74, 6) is 4.27. The fourth-order valence-electron chi connectivity index (χ4n) is 2.76. The van der Waals surface area contributed by atoms with Crippen molar-refractivity contribution in [2.45, 2.75) is 45.4 Å². The number of rotatable bonds is 6. The summed E-state index contributed by atoms with van der Waals surface area (Å²) in [4.78, 5) is 9.47. The third kappa shape index (κ3) is 3.64. The Morgan fingerprint density at radius 1 is 1.05 bits per heavy atom. The smallest absolute Gasteiger partial charge is 0.136 e. The monoisotopic (exact) mass is 290 g/mol. The van der Waals surface area contributed by atoms with Crippen LogP contribution in [0.1, 0.15) is 49.9 Å². The lowest BCUT2D eigenvalue weighted by Gasteiger charge is -2.23. The van der Waals surface area contributed by atoms with E-state index in [1.807, 2.05) is 0 Å². The van der Waals surface area contributed by atoms with Crippen LogP contribution in [-0.2, 0) is 4.74 Å². The molecule has 5 heteroatoms. The van der Waals surface area contributed by atoms with Crippen molar-refractivity contribution < 1.29 is 4.74 Å². The molecule has 0 bridgehead atoms. The number of aromatic nitrogens is 2. The van der Waals surface area contributed by atoms with Gasteiger partial charge in [0.1, 0.15) is 17.5 Å². The normalized spacial score (nSPS) is 19.5. The van der Waals surface area contributed by atoms with Gasteiger partial charge in [-0.25, -0.2) is 9.97 Å². The van der Waals surface area contributed by atoms with Gasteiger partial charge in [-0.1, -0.05) is 0 Å². The zero-order chi connectivity index (χ0) is 14.7. The first-order valence-electron chi connectivity index (χ1n) is 8.22. The van der Waals surface area contributed by atoms with E-state index in [9.17, 15) is 0 Å². The largest absolute Gasteiger partial charge is 0.381 e. The molecule has 1 aliphatic heterocycles. The molecule has 3 rings (SSSR count). The Bertz CT molecular complexity index is 481. The zero-order valence-corrected chi connectivity index (χ0v) is 13.1. The molecule has 0 amide bonds. The van der Waals surface area contributed by atoms with E-state index in [0.717, 1.165) is 62.2 Å². The maximum absolute atomic E-state index is 5.42. The molecule has 1 aliphatic carbocycles. The first-order valence-corrected chi connectivity index (χ1v) is 8.22. The molecule has 0 aromatic carbocycles. The predicted octanol–water partition coefficient (Wildman–Crippen LogP) is 2.93. The molecule has 0 spiro atoms. The maximum atomic E-state index is 5.42. The number of hydrogen-bond donors (Lipinski definition) is 2. The summed E-state index contributed by atoms with van der Waals surface area (Å²) in [5.41, 5.74) is 1.13. The minimum atomic E-state index is 0.576. The lowest BCUT2D eigenvalue weighted by Crippen LogP contribution is -2.23. The van der Waals surface area contributed by atoms with Crippen LogP contribution in [0, 0.1) is 12.8 Å². The summed E-state index contributed by atoms with van der Waals surface area (Å²) in [6.07, 6.45) is 4.75. The van der Waals surface area contributed by atoms with E-state index >= 15 is 0 Å². The van der Waals surface area contributed by atoms with Crippen LogP contribution >= 0.6 is 0 Å². The summed E-state index contributed by atoms with van der Waals surface area (Å²) >= 11 is 0. The molecule has 0 radical (unpaired) electrons. The van der Waals surface area contributed by atoms with Crippen molar-refractivity contribution in [1.29, 1.82) is 0 Å². The molecule has 116 valence electrons. The number of anilines is 2. The fraction of sp³-hybridized carbons (Fsp3) is 0.750. The predicted molar refractivity (Wildman–Crippen MR) is 84.9 cm³/mol. The van der Waals surface area contributed by atoms with Gasteiger partial charge in [0.15, 0.2) is 0 Å². The Kier molecular flexibility index (Phi) is 4.58. The van der Waals surface area contributed by atoms with Crippen molar-refractivity contribution in [3.8, 4) is 0 Å². The van der Waals surface area contributed by atoms with E-state index in [4.69, 9.17) is 14.7 Å². The van der Waals surface area contributed by atoms with Gasteiger partial charge >= 0.3 is 0 Å². The highest BCUT2D eigenvalue weighted by molar-refractivity contribution is 5.57. The molecule has 0 unspecified atom stereocenters. The summed E-state index contributed by atoms with van der Waals surface area (Å²) < 4.78 is 5.42. The molecular formula is C16H26N4O. The summed E-state index contributed by atoms with van der Waals surface area (Å²) in [7, 11) is 0. The van der Waals surface area contributed by atoms with Gasteiger partial charge in [0.25, 0.3) is 0 Å². The SMILES string of the molecule is CCNc1nc(C2CC2)nc(NCC2CCOCC2)c1C. The molecule has 2 fully saturated rings. The van der Waals surface area contributed by atoms with Crippen molar-refractivity contribution in [2.75, 3.05) is 36.9 Å². The molecule has 1 aromatic rings. The van der Waals surface area contributed by atoms with Crippen molar-refractivity contribution >= 4 is 11.6 Å². The van der Waals surface area contributed by atoms with E-state index in [2.05, 4.69) is 24.5 Å². The minimum Gasteiger partial charge on any atom is -0.381 e. The molecule has 2 aliphatic rings. The van der Waals surface area contributed by atoms with Crippen LogP contribution in [-0.4, -0.2) is 36.3 Å². The third-order valence-electron chi connectivity index (χ3n) is 4.35. The Hall–Kier alpha value is -1.36.